The van der Waals surface area contributed by atoms with Gasteiger partial charge in [-0.25, -0.2) is 0 Å². The van der Waals surface area contributed by atoms with E-state index in [2.05, 4.69) is 0 Å². The third-order valence-corrected chi connectivity index (χ3v) is 2.69. The molecule has 18 heavy (non-hydrogen) atoms. The van der Waals surface area contributed by atoms with Crippen LogP contribution in [0.15, 0.2) is 30.3 Å². The van der Waals surface area contributed by atoms with Crippen molar-refractivity contribution in [3.8, 4) is 0 Å². The molecule has 0 heterocycles. The summed E-state index contributed by atoms with van der Waals surface area (Å²) in [7, 11) is 3.42. The number of aliphatic hydroxyl groups excluding tert-OH is 1. The fourth-order valence-electron chi connectivity index (χ4n) is 1.52. The van der Waals surface area contributed by atoms with E-state index in [0.717, 1.165) is 5.56 Å². The van der Waals surface area contributed by atoms with Crippen LogP contribution in [0.2, 0.25) is 0 Å². The summed E-state index contributed by atoms with van der Waals surface area (Å²) in [4.78, 5) is 13.0. The maximum absolute atomic E-state index is 11.5. The van der Waals surface area contributed by atoms with Gasteiger partial charge in [-0.15, -0.1) is 0 Å². The number of carbonyl (C=O) groups excluding carboxylic acids is 1. The van der Waals surface area contributed by atoms with Crippen molar-refractivity contribution in [2.45, 2.75) is 13.0 Å². The topological polar surface area (TPSA) is 49.8 Å². The summed E-state index contributed by atoms with van der Waals surface area (Å²) >= 11 is 0. The van der Waals surface area contributed by atoms with Crippen molar-refractivity contribution in [3.63, 3.8) is 0 Å². The maximum atomic E-state index is 11.5. The zero-order valence-electron chi connectivity index (χ0n) is 11.0. The van der Waals surface area contributed by atoms with E-state index in [1.54, 1.807) is 14.1 Å². The molecule has 0 bridgehead atoms. The number of rotatable bonds is 7. The molecule has 4 heteroatoms. The van der Waals surface area contributed by atoms with Crippen LogP contribution in [0, 0.1) is 5.92 Å². The predicted octanol–water partition coefficient (Wildman–Crippen LogP) is 1.29. The van der Waals surface area contributed by atoms with Crippen molar-refractivity contribution in [1.82, 2.24) is 4.90 Å². The predicted molar refractivity (Wildman–Crippen MR) is 70.0 cm³/mol. The summed E-state index contributed by atoms with van der Waals surface area (Å²) < 4.78 is 5.52. The Bertz CT molecular complexity index is 351. The molecule has 1 N–H and O–H groups in total. The van der Waals surface area contributed by atoms with Crippen LogP contribution in [-0.2, 0) is 16.1 Å². The number of hydrogen-bond acceptors (Lipinski definition) is 3. The molecule has 1 atom stereocenters. The number of hydrogen-bond donors (Lipinski definition) is 1. The molecule has 0 spiro atoms. The molecule has 4 nitrogen and oxygen atoms in total. The third-order valence-electron chi connectivity index (χ3n) is 2.69. The van der Waals surface area contributed by atoms with Crippen LogP contribution in [0.25, 0.3) is 0 Å². The van der Waals surface area contributed by atoms with E-state index < -0.39 is 0 Å². The van der Waals surface area contributed by atoms with Crippen LogP contribution in [-0.4, -0.2) is 43.2 Å². The molecule has 1 rings (SSSR count). The summed E-state index contributed by atoms with van der Waals surface area (Å²) in [5, 5.41) is 9.20. The second-order valence-corrected chi connectivity index (χ2v) is 4.54. The van der Waals surface area contributed by atoms with Gasteiger partial charge in [-0.05, 0) is 5.56 Å². The quantitative estimate of drug-likeness (QED) is 0.794. The molecule has 0 aliphatic heterocycles. The molecule has 0 saturated carbocycles. The lowest BCUT2D eigenvalue weighted by atomic mass is 10.1. The molecule has 1 amide bonds. The van der Waals surface area contributed by atoms with Gasteiger partial charge < -0.3 is 14.7 Å². The second-order valence-electron chi connectivity index (χ2n) is 4.54. The first-order chi connectivity index (χ1) is 8.63. The Morgan fingerprint density at radius 3 is 2.56 bits per heavy atom. The summed E-state index contributed by atoms with van der Waals surface area (Å²) in [5.41, 5.74) is 1.09. The van der Waals surface area contributed by atoms with Crippen molar-refractivity contribution in [3.05, 3.63) is 35.9 Å². The zero-order valence-corrected chi connectivity index (χ0v) is 11.0. The van der Waals surface area contributed by atoms with E-state index >= 15 is 0 Å². The van der Waals surface area contributed by atoms with E-state index in [9.17, 15) is 9.90 Å². The van der Waals surface area contributed by atoms with Gasteiger partial charge in [0.25, 0.3) is 0 Å². The number of benzene rings is 1. The first kappa shape index (κ1) is 14.7. The average Bonchev–Trinajstić information content (AvgIpc) is 2.38. The van der Waals surface area contributed by atoms with Crippen LogP contribution < -0.4 is 0 Å². The first-order valence-corrected chi connectivity index (χ1v) is 6.06. The molecule has 0 aliphatic carbocycles. The van der Waals surface area contributed by atoms with Crippen LogP contribution in [0.5, 0.6) is 0 Å². The van der Waals surface area contributed by atoms with Gasteiger partial charge in [0.05, 0.1) is 13.2 Å². The van der Waals surface area contributed by atoms with Gasteiger partial charge in [0.1, 0.15) is 0 Å². The summed E-state index contributed by atoms with van der Waals surface area (Å²) in [5.74, 6) is -0.124. The van der Waals surface area contributed by atoms with Crippen molar-refractivity contribution < 1.29 is 14.6 Å². The molecule has 1 aromatic carbocycles. The zero-order chi connectivity index (χ0) is 13.4. The van der Waals surface area contributed by atoms with E-state index in [0.29, 0.717) is 19.6 Å². The van der Waals surface area contributed by atoms with E-state index in [4.69, 9.17) is 4.74 Å². The van der Waals surface area contributed by atoms with Crippen molar-refractivity contribution in [2.75, 3.05) is 27.3 Å². The minimum absolute atomic E-state index is 0.0114. The molecule has 0 radical (unpaired) electrons. The largest absolute Gasteiger partial charge is 0.396 e. The molecule has 0 saturated heterocycles. The highest BCUT2D eigenvalue weighted by molar-refractivity contribution is 5.75. The second kappa shape index (κ2) is 7.84. The summed E-state index contributed by atoms with van der Waals surface area (Å²) in [6.45, 7) is 0.868. The van der Waals surface area contributed by atoms with Crippen molar-refractivity contribution in [2.24, 2.45) is 5.92 Å². The lowest BCUT2D eigenvalue weighted by molar-refractivity contribution is -0.130. The first-order valence-electron chi connectivity index (χ1n) is 6.06. The van der Waals surface area contributed by atoms with Gasteiger partial charge in [-0.3, -0.25) is 4.79 Å². The van der Waals surface area contributed by atoms with Gasteiger partial charge >= 0.3 is 0 Å². The Morgan fingerprint density at radius 2 is 2.00 bits per heavy atom. The summed E-state index contributed by atoms with van der Waals surface area (Å²) in [6, 6.07) is 9.84. The SMILES string of the molecule is CN(C)C(=O)C[C@H](CO)COCc1ccccc1. The van der Waals surface area contributed by atoms with Gasteiger partial charge in [-0.1, -0.05) is 30.3 Å². The van der Waals surface area contributed by atoms with Crippen LogP contribution in [0.3, 0.4) is 0 Å². The lowest BCUT2D eigenvalue weighted by Gasteiger charge is -2.17. The lowest BCUT2D eigenvalue weighted by Crippen LogP contribution is -2.27. The molecule has 0 aliphatic rings. The molecular formula is C14H21NO3. The highest BCUT2D eigenvalue weighted by Crippen LogP contribution is 2.07. The Balaban J connectivity index is 2.29. The van der Waals surface area contributed by atoms with Gasteiger partial charge in [0.2, 0.25) is 5.91 Å². The fraction of sp³-hybridized carbons (Fsp3) is 0.500. The van der Waals surface area contributed by atoms with Gasteiger partial charge in [0.15, 0.2) is 0 Å². The van der Waals surface area contributed by atoms with Crippen LogP contribution in [0.1, 0.15) is 12.0 Å². The van der Waals surface area contributed by atoms with E-state index in [-0.39, 0.29) is 18.4 Å². The molecule has 0 aromatic heterocycles. The van der Waals surface area contributed by atoms with E-state index in [1.165, 1.54) is 4.90 Å². The smallest absolute Gasteiger partial charge is 0.222 e. The standard InChI is InChI=1S/C14H21NO3/c1-15(2)14(17)8-13(9-16)11-18-10-12-6-4-3-5-7-12/h3-7,13,16H,8-11H2,1-2H3/t13-/m1/s1. The molecule has 1 aromatic rings. The fourth-order valence-corrected chi connectivity index (χ4v) is 1.52. The highest BCUT2D eigenvalue weighted by atomic mass is 16.5. The molecule has 0 fully saturated rings. The maximum Gasteiger partial charge on any atom is 0.222 e. The minimum Gasteiger partial charge on any atom is -0.396 e. The minimum atomic E-state index is -0.136. The normalized spacial score (nSPS) is 12.2. The Hall–Kier alpha value is -1.39. The monoisotopic (exact) mass is 251 g/mol. The molecule has 100 valence electrons. The number of amides is 1. The Kier molecular flexibility index (Phi) is 6.39. The highest BCUT2D eigenvalue weighted by Gasteiger charge is 2.14. The average molecular weight is 251 g/mol. The molecule has 0 unspecified atom stereocenters. The van der Waals surface area contributed by atoms with E-state index in [1.807, 2.05) is 30.3 Å². The third kappa shape index (κ3) is 5.29. The Morgan fingerprint density at radius 1 is 1.33 bits per heavy atom. The van der Waals surface area contributed by atoms with Crippen molar-refractivity contribution >= 4 is 5.91 Å². The van der Waals surface area contributed by atoms with Crippen molar-refractivity contribution in [1.29, 1.82) is 0 Å². The number of ether oxygens (including phenoxy) is 1. The molecular weight excluding hydrogens is 230 g/mol. The summed E-state index contributed by atoms with van der Waals surface area (Å²) in [6.07, 6.45) is 0.318. The number of nitrogens with zero attached hydrogens (tertiary/aromatic N) is 1. The number of carbonyl (C=O) groups is 1. The van der Waals surface area contributed by atoms with Crippen LogP contribution in [0.4, 0.5) is 0 Å². The van der Waals surface area contributed by atoms with Gasteiger partial charge in [-0.2, -0.15) is 0 Å². The van der Waals surface area contributed by atoms with Crippen LogP contribution >= 0.6 is 0 Å². The Labute approximate surface area is 108 Å². The van der Waals surface area contributed by atoms with Gasteiger partial charge in [0, 0.05) is 33.0 Å². The number of aliphatic hydroxyl groups is 1.